The quantitative estimate of drug-likeness (QED) is 0.687. The van der Waals surface area contributed by atoms with Gasteiger partial charge >= 0.3 is 0 Å². The molecule has 0 heterocycles. The van der Waals surface area contributed by atoms with Crippen LogP contribution in [0.2, 0.25) is 10.0 Å². The van der Waals surface area contributed by atoms with Crippen LogP contribution in [0, 0.1) is 0 Å². The molecule has 2 aromatic carbocycles. The van der Waals surface area contributed by atoms with Gasteiger partial charge in [0.15, 0.2) is 0 Å². The number of hydrogen-bond acceptors (Lipinski definition) is 1. The molecule has 2 nitrogen and oxygen atoms in total. The second-order valence-electron chi connectivity index (χ2n) is 4.26. The summed E-state index contributed by atoms with van der Waals surface area (Å²) in [5, 5.41) is 3.49. The van der Waals surface area contributed by atoms with Gasteiger partial charge in [-0.15, -0.1) is 0 Å². The minimum atomic E-state index is -0.280. The summed E-state index contributed by atoms with van der Waals surface area (Å²) in [6.07, 6.45) is 0. The first-order valence-corrected chi connectivity index (χ1v) is 7.66. The van der Waals surface area contributed by atoms with Crippen molar-refractivity contribution in [1.29, 1.82) is 0 Å². The lowest BCUT2D eigenvalue weighted by Gasteiger charge is -2.13. The zero-order valence-electron chi connectivity index (χ0n) is 10.7. The van der Waals surface area contributed by atoms with Gasteiger partial charge in [0.25, 0.3) is 5.91 Å². The van der Waals surface area contributed by atoms with E-state index >= 15 is 0 Å². The first kappa shape index (κ1) is 15.4. The summed E-state index contributed by atoms with van der Waals surface area (Å²) in [6, 6.07) is 12.6. The second kappa shape index (κ2) is 6.61. The third kappa shape index (κ3) is 3.35. The fourth-order valence-electron chi connectivity index (χ4n) is 1.83. The molecule has 1 amide bonds. The maximum absolute atomic E-state index is 12.3. The molecule has 1 N–H and O–H groups in total. The number of nitrogens with one attached hydrogen (secondary N) is 1. The predicted octanol–water partition coefficient (Wildman–Crippen LogP) is 5.70. The number of carbonyl (C=O) groups is 1. The van der Waals surface area contributed by atoms with E-state index in [4.69, 9.17) is 23.2 Å². The van der Waals surface area contributed by atoms with Crippen LogP contribution in [0.15, 0.2) is 42.5 Å². The Bertz CT molecular complexity index is 644. The van der Waals surface area contributed by atoms with Crippen LogP contribution < -0.4 is 5.32 Å². The standard InChI is InChI=1S/C15H12BrCl2NO/c1-9(16)10-5-2-3-8-13(10)19-15(20)11-6-4-7-12(17)14(11)18/h2-9H,1H3,(H,19,20). The highest BCUT2D eigenvalue weighted by molar-refractivity contribution is 9.09. The Morgan fingerprint density at radius 1 is 1.15 bits per heavy atom. The summed E-state index contributed by atoms with van der Waals surface area (Å²) in [5.41, 5.74) is 2.10. The number of amides is 1. The van der Waals surface area contributed by atoms with Gasteiger partial charge in [0, 0.05) is 10.5 Å². The number of rotatable bonds is 3. The van der Waals surface area contributed by atoms with E-state index in [2.05, 4.69) is 21.2 Å². The SMILES string of the molecule is CC(Br)c1ccccc1NC(=O)c1cccc(Cl)c1Cl. The molecule has 104 valence electrons. The molecule has 0 saturated carbocycles. The molecule has 0 aliphatic rings. The Hall–Kier alpha value is -1.03. The minimum Gasteiger partial charge on any atom is -0.322 e. The third-order valence-electron chi connectivity index (χ3n) is 2.83. The largest absolute Gasteiger partial charge is 0.322 e. The van der Waals surface area contributed by atoms with Crippen LogP contribution in [-0.2, 0) is 0 Å². The summed E-state index contributed by atoms with van der Waals surface area (Å²) in [6.45, 7) is 2.00. The van der Waals surface area contributed by atoms with Gasteiger partial charge in [0.1, 0.15) is 0 Å². The normalized spacial score (nSPS) is 12.0. The van der Waals surface area contributed by atoms with E-state index in [-0.39, 0.29) is 15.8 Å². The number of alkyl halides is 1. The van der Waals surface area contributed by atoms with Crippen LogP contribution in [0.1, 0.15) is 27.7 Å². The molecule has 20 heavy (non-hydrogen) atoms. The van der Waals surface area contributed by atoms with Crippen molar-refractivity contribution in [3.63, 3.8) is 0 Å². The molecule has 0 bridgehead atoms. The smallest absolute Gasteiger partial charge is 0.257 e. The number of anilines is 1. The van der Waals surface area contributed by atoms with E-state index in [9.17, 15) is 4.79 Å². The van der Waals surface area contributed by atoms with E-state index in [1.54, 1.807) is 18.2 Å². The summed E-state index contributed by atoms with van der Waals surface area (Å²) < 4.78 is 0. The zero-order valence-corrected chi connectivity index (χ0v) is 13.8. The molecule has 0 fully saturated rings. The maximum atomic E-state index is 12.3. The molecule has 0 spiro atoms. The Morgan fingerprint density at radius 2 is 1.85 bits per heavy atom. The van der Waals surface area contributed by atoms with Crippen molar-refractivity contribution in [2.24, 2.45) is 0 Å². The van der Waals surface area contributed by atoms with Crippen LogP contribution in [0.25, 0.3) is 0 Å². The molecular weight excluding hydrogens is 361 g/mol. The van der Waals surface area contributed by atoms with Crippen molar-refractivity contribution in [3.8, 4) is 0 Å². The van der Waals surface area contributed by atoms with Crippen LogP contribution in [0.3, 0.4) is 0 Å². The highest BCUT2D eigenvalue weighted by Crippen LogP contribution is 2.30. The molecule has 1 atom stereocenters. The fraction of sp³-hybridized carbons (Fsp3) is 0.133. The molecule has 1 unspecified atom stereocenters. The molecule has 0 saturated heterocycles. The highest BCUT2D eigenvalue weighted by atomic mass is 79.9. The van der Waals surface area contributed by atoms with Gasteiger partial charge in [0.05, 0.1) is 15.6 Å². The van der Waals surface area contributed by atoms with Crippen LogP contribution in [-0.4, -0.2) is 5.91 Å². The zero-order chi connectivity index (χ0) is 14.7. The summed E-state index contributed by atoms with van der Waals surface area (Å²) in [7, 11) is 0. The Morgan fingerprint density at radius 3 is 2.55 bits per heavy atom. The van der Waals surface area contributed by atoms with Gasteiger partial charge in [-0.3, -0.25) is 4.79 Å². The van der Waals surface area contributed by atoms with E-state index in [1.165, 1.54) is 0 Å². The Balaban J connectivity index is 2.31. The third-order valence-corrected chi connectivity index (χ3v) is 4.15. The van der Waals surface area contributed by atoms with E-state index < -0.39 is 0 Å². The molecule has 2 aromatic rings. The lowest BCUT2D eigenvalue weighted by Crippen LogP contribution is -2.14. The van der Waals surface area contributed by atoms with Crippen molar-refractivity contribution >= 4 is 50.7 Å². The van der Waals surface area contributed by atoms with Crippen molar-refractivity contribution in [1.82, 2.24) is 0 Å². The monoisotopic (exact) mass is 371 g/mol. The second-order valence-corrected chi connectivity index (χ2v) is 6.42. The first-order valence-electron chi connectivity index (χ1n) is 5.99. The van der Waals surface area contributed by atoms with E-state index in [1.807, 2.05) is 31.2 Å². The molecule has 5 heteroatoms. The van der Waals surface area contributed by atoms with Crippen molar-refractivity contribution < 1.29 is 4.79 Å². The summed E-state index contributed by atoms with van der Waals surface area (Å²) in [5.74, 6) is -0.280. The lowest BCUT2D eigenvalue weighted by atomic mass is 10.1. The predicted molar refractivity (Wildman–Crippen MR) is 88.2 cm³/mol. The highest BCUT2D eigenvalue weighted by Gasteiger charge is 2.15. The van der Waals surface area contributed by atoms with Gasteiger partial charge < -0.3 is 5.32 Å². The number of para-hydroxylation sites is 1. The van der Waals surface area contributed by atoms with E-state index in [0.717, 1.165) is 11.3 Å². The molecule has 2 rings (SSSR count). The molecule has 0 aliphatic carbocycles. The molecule has 0 aromatic heterocycles. The average molecular weight is 373 g/mol. The average Bonchev–Trinajstić information content (AvgIpc) is 2.42. The first-order chi connectivity index (χ1) is 9.50. The van der Waals surface area contributed by atoms with Gasteiger partial charge in [-0.05, 0) is 30.7 Å². The molecular formula is C15H12BrCl2NO. The van der Waals surface area contributed by atoms with Crippen LogP contribution in [0.5, 0.6) is 0 Å². The number of halogens is 3. The van der Waals surface area contributed by atoms with Crippen molar-refractivity contribution in [2.75, 3.05) is 5.32 Å². The van der Waals surface area contributed by atoms with Crippen molar-refractivity contribution in [3.05, 3.63) is 63.6 Å². The Labute approximate surface area is 136 Å². The molecule has 0 radical (unpaired) electrons. The van der Waals surface area contributed by atoms with Gasteiger partial charge in [-0.25, -0.2) is 0 Å². The summed E-state index contributed by atoms with van der Waals surface area (Å²) in [4.78, 5) is 12.4. The maximum Gasteiger partial charge on any atom is 0.257 e. The van der Waals surface area contributed by atoms with Crippen LogP contribution >= 0.6 is 39.1 Å². The van der Waals surface area contributed by atoms with Gasteiger partial charge in [-0.1, -0.05) is 63.4 Å². The number of carbonyl (C=O) groups excluding carboxylic acids is 1. The molecule has 0 aliphatic heterocycles. The van der Waals surface area contributed by atoms with Crippen LogP contribution in [0.4, 0.5) is 5.69 Å². The number of benzene rings is 2. The fourth-order valence-corrected chi connectivity index (χ4v) is 2.61. The van der Waals surface area contributed by atoms with Gasteiger partial charge in [-0.2, -0.15) is 0 Å². The minimum absolute atomic E-state index is 0.133. The topological polar surface area (TPSA) is 29.1 Å². The lowest BCUT2D eigenvalue weighted by molar-refractivity contribution is 0.102. The Kier molecular flexibility index (Phi) is 5.08. The summed E-state index contributed by atoms with van der Waals surface area (Å²) >= 11 is 15.5. The van der Waals surface area contributed by atoms with E-state index in [0.29, 0.717) is 10.6 Å². The van der Waals surface area contributed by atoms with Crippen molar-refractivity contribution in [2.45, 2.75) is 11.8 Å². The van der Waals surface area contributed by atoms with Gasteiger partial charge in [0.2, 0.25) is 0 Å². The number of hydrogen-bond donors (Lipinski definition) is 1.